The van der Waals surface area contributed by atoms with Crippen molar-refractivity contribution in [2.24, 2.45) is 0 Å². The molecular formula is C9H10INO2. The van der Waals surface area contributed by atoms with Gasteiger partial charge in [-0.15, -0.1) is 0 Å². The number of likely N-dealkylation sites (N-methyl/N-ethyl adjacent to an activating group) is 1. The van der Waals surface area contributed by atoms with Crippen LogP contribution in [0.2, 0.25) is 0 Å². The number of hydrogen-bond donors (Lipinski definition) is 1. The average Bonchev–Trinajstić information content (AvgIpc) is 2.14. The molecule has 1 rings (SSSR count). The van der Waals surface area contributed by atoms with Gasteiger partial charge in [-0.25, -0.2) is 0 Å². The molecule has 0 aliphatic rings. The van der Waals surface area contributed by atoms with Gasteiger partial charge in [0.1, 0.15) is 5.75 Å². The molecular weight excluding hydrogens is 281 g/mol. The summed E-state index contributed by atoms with van der Waals surface area (Å²) in [5.74, 6) is 0.592. The summed E-state index contributed by atoms with van der Waals surface area (Å²) in [6, 6.07) is 7.56. The Kier molecular flexibility index (Phi) is 4.01. The van der Waals surface area contributed by atoms with Crippen molar-refractivity contribution in [2.75, 3.05) is 13.7 Å². The van der Waals surface area contributed by atoms with Gasteiger partial charge in [-0.3, -0.25) is 4.79 Å². The zero-order chi connectivity index (χ0) is 9.68. The molecule has 1 N–H and O–H groups in total. The van der Waals surface area contributed by atoms with Crippen molar-refractivity contribution >= 4 is 28.5 Å². The largest absolute Gasteiger partial charge is 0.484 e. The van der Waals surface area contributed by atoms with Crippen LogP contribution in [0.25, 0.3) is 0 Å². The zero-order valence-electron chi connectivity index (χ0n) is 7.21. The Labute approximate surface area is 90.6 Å². The Morgan fingerprint density at radius 1 is 1.62 bits per heavy atom. The first kappa shape index (κ1) is 10.3. The third kappa shape index (κ3) is 3.63. The predicted octanol–water partition coefficient (Wildman–Crippen LogP) is 1.42. The highest BCUT2D eigenvalue weighted by Crippen LogP contribution is 2.14. The third-order valence-corrected chi connectivity index (χ3v) is 2.12. The van der Waals surface area contributed by atoms with Gasteiger partial charge in [-0.05, 0) is 40.8 Å². The molecule has 0 fully saturated rings. The van der Waals surface area contributed by atoms with Gasteiger partial charge in [0, 0.05) is 10.6 Å². The average molecular weight is 291 g/mol. The van der Waals surface area contributed by atoms with Crippen LogP contribution in [0.4, 0.5) is 0 Å². The van der Waals surface area contributed by atoms with Gasteiger partial charge in [0.2, 0.25) is 0 Å². The number of hydrogen-bond acceptors (Lipinski definition) is 2. The van der Waals surface area contributed by atoms with E-state index < -0.39 is 0 Å². The summed E-state index contributed by atoms with van der Waals surface area (Å²) in [5, 5.41) is 2.48. The van der Waals surface area contributed by atoms with Crippen molar-refractivity contribution in [2.45, 2.75) is 0 Å². The minimum Gasteiger partial charge on any atom is -0.484 e. The lowest BCUT2D eigenvalue weighted by atomic mass is 10.3. The van der Waals surface area contributed by atoms with Crippen molar-refractivity contribution in [3.63, 3.8) is 0 Å². The quantitative estimate of drug-likeness (QED) is 0.855. The van der Waals surface area contributed by atoms with E-state index in [-0.39, 0.29) is 12.5 Å². The Hall–Kier alpha value is -0.780. The summed E-state index contributed by atoms with van der Waals surface area (Å²) < 4.78 is 6.31. The molecule has 0 saturated carbocycles. The van der Waals surface area contributed by atoms with Crippen LogP contribution in [-0.2, 0) is 4.79 Å². The van der Waals surface area contributed by atoms with E-state index in [1.165, 1.54) is 0 Å². The fourth-order valence-corrected chi connectivity index (χ4v) is 1.29. The lowest BCUT2D eigenvalue weighted by Crippen LogP contribution is -2.24. The molecule has 0 atom stereocenters. The van der Waals surface area contributed by atoms with Crippen molar-refractivity contribution in [1.29, 1.82) is 0 Å². The van der Waals surface area contributed by atoms with Crippen molar-refractivity contribution in [1.82, 2.24) is 5.32 Å². The summed E-state index contributed by atoms with van der Waals surface area (Å²) in [6.45, 7) is 0.0661. The lowest BCUT2D eigenvalue weighted by molar-refractivity contribution is -0.122. The van der Waals surface area contributed by atoms with Crippen LogP contribution >= 0.6 is 22.6 Å². The summed E-state index contributed by atoms with van der Waals surface area (Å²) in [5.41, 5.74) is 0. The molecule has 1 aromatic carbocycles. The Balaban J connectivity index is 2.50. The topological polar surface area (TPSA) is 38.3 Å². The van der Waals surface area contributed by atoms with Crippen molar-refractivity contribution in [3.8, 4) is 5.75 Å². The molecule has 0 radical (unpaired) electrons. The molecule has 1 aromatic rings. The van der Waals surface area contributed by atoms with Gasteiger partial charge in [-0.2, -0.15) is 0 Å². The second kappa shape index (κ2) is 5.06. The molecule has 0 spiro atoms. The number of amides is 1. The summed E-state index contributed by atoms with van der Waals surface area (Å²) in [7, 11) is 1.58. The van der Waals surface area contributed by atoms with Crippen LogP contribution in [0, 0.1) is 3.57 Å². The maximum Gasteiger partial charge on any atom is 0.257 e. The zero-order valence-corrected chi connectivity index (χ0v) is 9.37. The Morgan fingerprint density at radius 2 is 2.38 bits per heavy atom. The molecule has 70 valence electrons. The lowest BCUT2D eigenvalue weighted by Gasteiger charge is -2.04. The highest BCUT2D eigenvalue weighted by atomic mass is 127. The maximum atomic E-state index is 10.8. The molecule has 0 aromatic heterocycles. The van der Waals surface area contributed by atoms with Gasteiger partial charge in [0.15, 0.2) is 6.61 Å². The molecule has 0 aliphatic heterocycles. The van der Waals surface area contributed by atoms with Crippen molar-refractivity contribution < 1.29 is 9.53 Å². The molecule has 0 saturated heterocycles. The molecule has 0 unspecified atom stereocenters. The molecule has 0 bridgehead atoms. The minimum atomic E-state index is -0.126. The van der Waals surface area contributed by atoms with Crippen LogP contribution in [0.1, 0.15) is 0 Å². The van der Waals surface area contributed by atoms with Crippen LogP contribution in [0.15, 0.2) is 24.3 Å². The van der Waals surface area contributed by atoms with E-state index in [1.54, 1.807) is 7.05 Å². The fraction of sp³-hybridized carbons (Fsp3) is 0.222. The first-order valence-electron chi connectivity index (χ1n) is 3.81. The van der Waals surface area contributed by atoms with Crippen LogP contribution in [0.3, 0.4) is 0 Å². The Bertz CT molecular complexity index is 301. The van der Waals surface area contributed by atoms with E-state index in [1.807, 2.05) is 24.3 Å². The predicted molar refractivity (Wildman–Crippen MR) is 58.7 cm³/mol. The van der Waals surface area contributed by atoms with Gasteiger partial charge >= 0.3 is 0 Å². The van der Waals surface area contributed by atoms with E-state index in [9.17, 15) is 4.79 Å². The van der Waals surface area contributed by atoms with Gasteiger partial charge in [-0.1, -0.05) is 6.07 Å². The number of rotatable bonds is 3. The smallest absolute Gasteiger partial charge is 0.257 e. The molecule has 4 heteroatoms. The molecule has 13 heavy (non-hydrogen) atoms. The first-order chi connectivity index (χ1) is 6.22. The van der Waals surface area contributed by atoms with Crippen LogP contribution in [0.5, 0.6) is 5.75 Å². The molecule has 1 amide bonds. The first-order valence-corrected chi connectivity index (χ1v) is 4.89. The monoisotopic (exact) mass is 291 g/mol. The normalized spacial score (nSPS) is 9.38. The van der Waals surface area contributed by atoms with E-state index in [4.69, 9.17) is 4.74 Å². The molecule has 3 nitrogen and oxygen atoms in total. The summed E-state index contributed by atoms with van der Waals surface area (Å²) in [4.78, 5) is 10.8. The summed E-state index contributed by atoms with van der Waals surface area (Å²) >= 11 is 2.19. The molecule has 0 heterocycles. The fourth-order valence-electron chi connectivity index (χ4n) is 0.778. The number of nitrogens with one attached hydrogen (secondary N) is 1. The van der Waals surface area contributed by atoms with E-state index >= 15 is 0 Å². The van der Waals surface area contributed by atoms with E-state index in [0.29, 0.717) is 0 Å². The third-order valence-electron chi connectivity index (χ3n) is 1.44. The summed E-state index contributed by atoms with van der Waals surface area (Å²) in [6.07, 6.45) is 0. The number of benzene rings is 1. The SMILES string of the molecule is CNC(=O)COc1cccc(I)c1. The van der Waals surface area contributed by atoms with Crippen LogP contribution in [-0.4, -0.2) is 19.6 Å². The molecule has 0 aliphatic carbocycles. The number of carbonyl (C=O) groups excluding carboxylic acids is 1. The highest BCUT2D eigenvalue weighted by molar-refractivity contribution is 14.1. The highest BCUT2D eigenvalue weighted by Gasteiger charge is 1.99. The van der Waals surface area contributed by atoms with Crippen LogP contribution < -0.4 is 10.1 Å². The second-order valence-corrected chi connectivity index (χ2v) is 3.66. The van der Waals surface area contributed by atoms with E-state index in [0.717, 1.165) is 9.32 Å². The number of ether oxygens (including phenoxy) is 1. The minimum absolute atomic E-state index is 0.0661. The van der Waals surface area contributed by atoms with Crippen molar-refractivity contribution in [3.05, 3.63) is 27.8 Å². The Morgan fingerprint density at radius 3 is 3.00 bits per heavy atom. The van der Waals surface area contributed by atoms with Gasteiger partial charge in [0.25, 0.3) is 5.91 Å². The standard InChI is InChI=1S/C9H10INO2/c1-11-9(12)6-13-8-4-2-3-7(10)5-8/h2-5H,6H2,1H3,(H,11,12). The van der Waals surface area contributed by atoms with E-state index in [2.05, 4.69) is 27.9 Å². The number of carbonyl (C=O) groups is 1. The second-order valence-electron chi connectivity index (χ2n) is 2.42. The van der Waals surface area contributed by atoms with Gasteiger partial charge < -0.3 is 10.1 Å². The number of halogens is 1. The van der Waals surface area contributed by atoms with Gasteiger partial charge in [0.05, 0.1) is 0 Å². The maximum absolute atomic E-state index is 10.8.